The minimum Gasteiger partial charge on any atom is -0.373 e. The monoisotopic (exact) mass is 293 g/mol. The third-order valence-electron chi connectivity index (χ3n) is 3.40. The standard InChI is InChI=1S/C13H12ClN3O3/c1-17-6-5-13(19,12(17)18)10-7-9(16-20-10)8-3-2-4-11(14)15-8/h2-4,7,19H,5-6H2,1H3. The van der Waals surface area contributed by atoms with Gasteiger partial charge in [0.25, 0.3) is 5.91 Å². The molecule has 104 valence electrons. The van der Waals surface area contributed by atoms with E-state index in [2.05, 4.69) is 10.1 Å². The minimum absolute atomic E-state index is 0.128. The highest BCUT2D eigenvalue weighted by Gasteiger charge is 2.48. The molecule has 1 fully saturated rings. The van der Waals surface area contributed by atoms with Crippen LogP contribution in [-0.2, 0) is 10.4 Å². The minimum atomic E-state index is -1.64. The number of carbonyl (C=O) groups is 1. The lowest BCUT2D eigenvalue weighted by molar-refractivity contribution is -0.144. The fourth-order valence-corrected chi connectivity index (χ4v) is 2.39. The number of likely N-dealkylation sites (tertiary alicyclic amines) is 1. The van der Waals surface area contributed by atoms with Crippen LogP contribution in [0.1, 0.15) is 12.2 Å². The van der Waals surface area contributed by atoms with E-state index < -0.39 is 5.60 Å². The summed E-state index contributed by atoms with van der Waals surface area (Å²) in [5, 5.41) is 14.6. The zero-order valence-electron chi connectivity index (χ0n) is 10.7. The van der Waals surface area contributed by atoms with Crippen LogP contribution in [0.3, 0.4) is 0 Å². The largest absolute Gasteiger partial charge is 0.373 e. The predicted molar refractivity (Wildman–Crippen MR) is 70.9 cm³/mol. The average molecular weight is 294 g/mol. The molecule has 20 heavy (non-hydrogen) atoms. The Kier molecular flexibility index (Phi) is 2.99. The zero-order valence-corrected chi connectivity index (χ0v) is 11.5. The molecule has 1 aliphatic rings. The lowest BCUT2D eigenvalue weighted by Crippen LogP contribution is -2.35. The van der Waals surface area contributed by atoms with Crippen LogP contribution in [-0.4, -0.2) is 39.6 Å². The van der Waals surface area contributed by atoms with E-state index in [1.807, 2.05) is 0 Å². The van der Waals surface area contributed by atoms with Crippen molar-refractivity contribution in [3.05, 3.63) is 35.2 Å². The van der Waals surface area contributed by atoms with Crippen molar-refractivity contribution in [2.24, 2.45) is 0 Å². The van der Waals surface area contributed by atoms with Crippen LogP contribution < -0.4 is 0 Å². The highest BCUT2D eigenvalue weighted by Crippen LogP contribution is 2.34. The number of carbonyl (C=O) groups excluding carboxylic acids is 1. The Morgan fingerprint density at radius 2 is 2.25 bits per heavy atom. The molecule has 7 heteroatoms. The second-order valence-corrected chi connectivity index (χ2v) is 5.15. The summed E-state index contributed by atoms with van der Waals surface area (Å²) in [4.78, 5) is 17.5. The SMILES string of the molecule is CN1CCC(O)(c2cc(-c3cccc(Cl)n3)no2)C1=O. The molecule has 3 rings (SSSR count). The quantitative estimate of drug-likeness (QED) is 0.848. The van der Waals surface area contributed by atoms with Gasteiger partial charge in [-0.3, -0.25) is 4.79 Å². The second-order valence-electron chi connectivity index (χ2n) is 4.76. The Balaban J connectivity index is 1.97. The van der Waals surface area contributed by atoms with Gasteiger partial charge in [0.05, 0.1) is 5.69 Å². The first kappa shape index (κ1) is 13.1. The Hall–Kier alpha value is -1.92. The second kappa shape index (κ2) is 4.57. The summed E-state index contributed by atoms with van der Waals surface area (Å²) in [6, 6.07) is 6.63. The summed E-state index contributed by atoms with van der Waals surface area (Å²) in [6.07, 6.45) is 0.278. The summed E-state index contributed by atoms with van der Waals surface area (Å²) < 4.78 is 5.13. The fraction of sp³-hybridized carbons (Fsp3) is 0.308. The Bertz CT molecular complexity index is 672. The van der Waals surface area contributed by atoms with Gasteiger partial charge in [-0.2, -0.15) is 0 Å². The summed E-state index contributed by atoms with van der Waals surface area (Å²) in [5.41, 5.74) is -0.688. The highest BCUT2D eigenvalue weighted by molar-refractivity contribution is 6.29. The molecule has 1 saturated heterocycles. The number of pyridine rings is 1. The van der Waals surface area contributed by atoms with Crippen molar-refractivity contribution >= 4 is 17.5 Å². The molecule has 0 bridgehead atoms. The van der Waals surface area contributed by atoms with E-state index in [-0.39, 0.29) is 18.1 Å². The fourth-order valence-electron chi connectivity index (χ4n) is 2.22. The van der Waals surface area contributed by atoms with E-state index >= 15 is 0 Å². The third-order valence-corrected chi connectivity index (χ3v) is 3.62. The number of hydrogen-bond acceptors (Lipinski definition) is 5. The normalized spacial score (nSPS) is 22.6. The zero-order chi connectivity index (χ0) is 14.3. The van der Waals surface area contributed by atoms with Crippen LogP contribution in [0.5, 0.6) is 0 Å². The van der Waals surface area contributed by atoms with Gasteiger partial charge >= 0.3 is 0 Å². The van der Waals surface area contributed by atoms with Gasteiger partial charge in [0.1, 0.15) is 10.8 Å². The van der Waals surface area contributed by atoms with Gasteiger partial charge in [0, 0.05) is 26.1 Å². The Morgan fingerprint density at radius 3 is 2.90 bits per heavy atom. The molecule has 1 N–H and O–H groups in total. The number of halogens is 1. The summed E-state index contributed by atoms with van der Waals surface area (Å²) in [7, 11) is 1.64. The van der Waals surface area contributed by atoms with Crippen LogP contribution in [0.2, 0.25) is 5.15 Å². The average Bonchev–Trinajstić information content (AvgIpc) is 3.02. The van der Waals surface area contributed by atoms with E-state index in [1.54, 1.807) is 25.2 Å². The number of amides is 1. The first-order chi connectivity index (χ1) is 9.50. The number of likely N-dealkylation sites (N-methyl/N-ethyl adjacent to an activating group) is 1. The number of aromatic nitrogens is 2. The molecule has 1 unspecified atom stereocenters. The molecule has 1 amide bonds. The maximum atomic E-state index is 12.0. The molecule has 0 radical (unpaired) electrons. The molecule has 1 atom stereocenters. The Labute approximate surface area is 120 Å². The van der Waals surface area contributed by atoms with E-state index in [0.29, 0.717) is 23.1 Å². The number of aliphatic hydroxyl groups is 1. The molecule has 2 aromatic heterocycles. The maximum Gasteiger partial charge on any atom is 0.262 e. The lowest BCUT2D eigenvalue weighted by atomic mass is 9.98. The van der Waals surface area contributed by atoms with E-state index in [4.69, 9.17) is 16.1 Å². The molecule has 1 aliphatic heterocycles. The molecule has 0 aromatic carbocycles. The van der Waals surface area contributed by atoms with Crippen LogP contribution in [0.25, 0.3) is 11.4 Å². The molecule has 0 saturated carbocycles. The van der Waals surface area contributed by atoms with E-state index in [0.717, 1.165) is 0 Å². The van der Waals surface area contributed by atoms with E-state index in [1.165, 1.54) is 11.0 Å². The summed E-state index contributed by atoms with van der Waals surface area (Å²) in [6.45, 7) is 0.473. The van der Waals surface area contributed by atoms with Crippen molar-refractivity contribution < 1.29 is 14.4 Å². The Morgan fingerprint density at radius 1 is 1.45 bits per heavy atom. The van der Waals surface area contributed by atoms with Crippen molar-refractivity contribution in [2.45, 2.75) is 12.0 Å². The van der Waals surface area contributed by atoms with Gasteiger partial charge in [-0.25, -0.2) is 4.98 Å². The smallest absolute Gasteiger partial charge is 0.262 e. The van der Waals surface area contributed by atoms with Gasteiger partial charge in [-0.15, -0.1) is 0 Å². The van der Waals surface area contributed by atoms with Gasteiger partial charge in [-0.1, -0.05) is 22.8 Å². The topological polar surface area (TPSA) is 79.5 Å². The molecular formula is C13H12ClN3O3. The molecule has 2 aromatic rings. The van der Waals surface area contributed by atoms with E-state index in [9.17, 15) is 9.90 Å². The molecule has 0 aliphatic carbocycles. The number of hydrogen-bond donors (Lipinski definition) is 1. The maximum absolute atomic E-state index is 12.0. The lowest BCUT2D eigenvalue weighted by Gasteiger charge is -2.16. The highest BCUT2D eigenvalue weighted by atomic mass is 35.5. The van der Waals surface area contributed by atoms with Crippen molar-refractivity contribution in [2.75, 3.05) is 13.6 Å². The van der Waals surface area contributed by atoms with Gasteiger partial charge < -0.3 is 14.5 Å². The van der Waals surface area contributed by atoms with Crippen LogP contribution >= 0.6 is 11.6 Å². The van der Waals surface area contributed by atoms with Crippen molar-refractivity contribution in [3.8, 4) is 11.4 Å². The van der Waals surface area contributed by atoms with Gasteiger partial charge in [0.15, 0.2) is 5.76 Å². The number of rotatable bonds is 2. The van der Waals surface area contributed by atoms with Crippen LogP contribution in [0.15, 0.2) is 28.8 Å². The number of nitrogens with zero attached hydrogens (tertiary/aromatic N) is 3. The first-order valence-corrected chi connectivity index (χ1v) is 6.46. The van der Waals surface area contributed by atoms with Gasteiger partial charge in [0.2, 0.25) is 5.60 Å². The summed E-state index contributed by atoms with van der Waals surface area (Å²) in [5.74, 6) is -0.261. The van der Waals surface area contributed by atoms with Gasteiger partial charge in [-0.05, 0) is 12.1 Å². The molecule has 0 spiro atoms. The molecular weight excluding hydrogens is 282 g/mol. The molecule has 6 nitrogen and oxygen atoms in total. The summed E-state index contributed by atoms with van der Waals surface area (Å²) >= 11 is 5.82. The first-order valence-electron chi connectivity index (χ1n) is 6.09. The third kappa shape index (κ3) is 1.97. The van der Waals surface area contributed by atoms with Crippen molar-refractivity contribution in [1.82, 2.24) is 15.0 Å². The van der Waals surface area contributed by atoms with Crippen LogP contribution in [0.4, 0.5) is 0 Å². The predicted octanol–water partition coefficient (Wildman–Crippen LogP) is 1.44. The van der Waals surface area contributed by atoms with Crippen molar-refractivity contribution in [1.29, 1.82) is 0 Å². The van der Waals surface area contributed by atoms with Crippen LogP contribution in [0, 0.1) is 0 Å². The van der Waals surface area contributed by atoms with Crippen molar-refractivity contribution in [3.63, 3.8) is 0 Å². The molecule has 3 heterocycles.